The van der Waals surface area contributed by atoms with Crippen molar-refractivity contribution in [2.75, 3.05) is 0 Å². The summed E-state index contributed by atoms with van der Waals surface area (Å²) in [5, 5.41) is 0. The van der Waals surface area contributed by atoms with E-state index in [9.17, 15) is 0 Å². The monoisotopic (exact) mass is 372 g/mol. The molecule has 0 saturated carbocycles. The third-order valence-electron chi connectivity index (χ3n) is 3.60. The van der Waals surface area contributed by atoms with Gasteiger partial charge in [0.15, 0.2) is 0 Å². The summed E-state index contributed by atoms with van der Waals surface area (Å²) in [4.78, 5) is 0. The second-order valence-corrected chi connectivity index (χ2v) is 18.5. The number of unbranched alkanes of at least 4 members (excludes halogenated alkanes) is 3. The van der Waals surface area contributed by atoms with Crippen LogP contribution in [0.4, 0.5) is 0 Å². The topological polar surface area (TPSA) is 0 Å². The Morgan fingerprint density at radius 3 is 1.42 bits per heavy atom. The van der Waals surface area contributed by atoms with E-state index >= 15 is 0 Å². The summed E-state index contributed by atoms with van der Waals surface area (Å²) in [6, 6.07) is 0. The molecule has 0 aliphatic carbocycles. The first-order valence-corrected chi connectivity index (χ1v) is 15.9. The summed E-state index contributed by atoms with van der Waals surface area (Å²) < 4.78 is 7.54. The third-order valence-corrected chi connectivity index (χ3v) is 18.1. The average Bonchev–Trinajstić information content (AvgIpc) is 2.41. The zero-order valence-corrected chi connectivity index (χ0v) is 17.0. The number of hydrogen-bond acceptors (Lipinski definition) is 0. The maximum absolute atomic E-state index is 4.60. The first-order chi connectivity index (χ1) is 9.16. The van der Waals surface area contributed by atoms with Crippen molar-refractivity contribution in [1.29, 1.82) is 0 Å². The van der Waals surface area contributed by atoms with E-state index in [0.717, 1.165) is 0 Å². The van der Waals surface area contributed by atoms with Crippen LogP contribution in [0.15, 0.2) is 10.2 Å². The average molecular weight is 371 g/mol. The van der Waals surface area contributed by atoms with Crippen molar-refractivity contribution >= 4 is 18.4 Å². The van der Waals surface area contributed by atoms with Crippen LogP contribution in [0.5, 0.6) is 0 Å². The Labute approximate surface area is 127 Å². The Kier molecular flexibility index (Phi) is 18.2. The molecule has 0 radical (unpaired) electrons. The van der Waals surface area contributed by atoms with E-state index < -0.39 is 18.4 Å². The van der Waals surface area contributed by atoms with E-state index in [1.807, 2.05) is 0 Å². The van der Waals surface area contributed by atoms with Crippen LogP contribution in [0.25, 0.3) is 0 Å². The molecular weight excluding hydrogens is 335 g/mol. The molecule has 0 saturated heterocycles. The molecule has 0 heterocycles. The normalized spacial score (nSPS) is 10.9. The van der Waals surface area contributed by atoms with Crippen LogP contribution < -0.4 is 0 Å². The Balaban J connectivity index is 0. The number of rotatable bonds is 10. The second kappa shape index (κ2) is 16.2. The van der Waals surface area contributed by atoms with Crippen molar-refractivity contribution in [2.24, 2.45) is 0 Å². The number of allylic oxidation sites excluding steroid dienone is 1. The molecule has 0 aromatic carbocycles. The molecule has 0 rings (SSSR count). The number of terminal acetylenes is 1. The van der Waals surface area contributed by atoms with E-state index in [0.29, 0.717) is 0 Å². The second-order valence-electron chi connectivity index (χ2n) is 5.46. The summed E-state index contributed by atoms with van der Waals surface area (Å²) in [5.74, 6) is 2.25. The van der Waals surface area contributed by atoms with Crippen LogP contribution in [0.3, 0.4) is 0 Å². The third kappa shape index (κ3) is 12.9. The number of hydrogen-bond donors (Lipinski definition) is 0. The standard InChI is InChI=1S/3C4H9.C3H5.C3H4.Sn/c3*1-3-4-2;2*1-3-2;/h3*1,3-4H2,2H3;1,3H,2H3;1H,2H3;. The van der Waals surface area contributed by atoms with Crippen LogP contribution in [0.2, 0.25) is 13.3 Å². The van der Waals surface area contributed by atoms with Gasteiger partial charge in [0.2, 0.25) is 0 Å². The van der Waals surface area contributed by atoms with Crippen molar-refractivity contribution in [3.8, 4) is 12.3 Å². The summed E-state index contributed by atoms with van der Waals surface area (Å²) in [6.07, 6.45) is 15.6. The fourth-order valence-electron chi connectivity index (χ4n) is 2.57. The van der Waals surface area contributed by atoms with Crippen LogP contribution in [0.1, 0.15) is 73.1 Å². The summed E-state index contributed by atoms with van der Waals surface area (Å²) >= 11 is -1.84. The molecule has 0 atom stereocenters. The van der Waals surface area contributed by atoms with Crippen LogP contribution >= 0.6 is 0 Å². The molecule has 0 aliphatic rings. The van der Waals surface area contributed by atoms with E-state index in [-0.39, 0.29) is 0 Å². The SMILES string of the molecule is C#CC.C/C=[CH]/[Sn]([CH2]CCC)([CH2]CCC)[CH2]CCC. The molecule has 0 bridgehead atoms. The fourth-order valence-corrected chi connectivity index (χ4v) is 17.2. The minimum atomic E-state index is -1.84. The van der Waals surface area contributed by atoms with Gasteiger partial charge in [-0.2, -0.15) is 0 Å². The van der Waals surface area contributed by atoms with Gasteiger partial charge in [-0.15, -0.1) is 12.3 Å². The van der Waals surface area contributed by atoms with Gasteiger partial charge in [-0.25, -0.2) is 0 Å². The molecule has 112 valence electrons. The zero-order valence-electron chi connectivity index (χ0n) is 14.1. The van der Waals surface area contributed by atoms with Crippen LogP contribution in [-0.4, -0.2) is 18.4 Å². The molecule has 0 aromatic rings. The van der Waals surface area contributed by atoms with Crippen LogP contribution in [-0.2, 0) is 0 Å². The molecule has 0 unspecified atom stereocenters. The molecule has 19 heavy (non-hydrogen) atoms. The Hall–Kier alpha value is 0.0987. The Morgan fingerprint density at radius 2 is 1.21 bits per heavy atom. The Bertz CT molecular complexity index is 213. The predicted molar refractivity (Wildman–Crippen MR) is 94.2 cm³/mol. The van der Waals surface area contributed by atoms with Gasteiger partial charge < -0.3 is 0 Å². The quantitative estimate of drug-likeness (QED) is 0.300. The molecule has 0 nitrogen and oxygen atoms in total. The van der Waals surface area contributed by atoms with E-state index in [1.165, 1.54) is 38.5 Å². The molecule has 0 aliphatic heterocycles. The van der Waals surface area contributed by atoms with Gasteiger partial charge in [-0.1, -0.05) is 0 Å². The van der Waals surface area contributed by atoms with Crippen molar-refractivity contribution in [2.45, 2.75) is 86.5 Å². The van der Waals surface area contributed by atoms with Gasteiger partial charge in [0, 0.05) is 0 Å². The molecular formula is C18H36Sn. The van der Waals surface area contributed by atoms with Gasteiger partial charge in [-0.3, -0.25) is 0 Å². The van der Waals surface area contributed by atoms with Crippen molar-refractivity contribution in [3.63, 3.8) is 0 Å². The zero-order chi connectivity index (χ0) is 15.0. The first kappa shape index (κ1) is 21.4. The van der Waals surface area contributed by atoms with Gasteiger partial charge in [0.25, 0.3) is 0 Å². The van der Waals surface area contributed by atoms with E-state index in [1.54, 1.807) is 20.2 Å². The molecule has 0 amide bonds. The maximum atomic E-state index is 4.60. The first-order valence-electron chi connectivity index (χ1n) is 8.17. The molecule has 0 fully saturated rings. The van der Waals surface area contributed by atoms with Gasteiger partial charge in [0.1, 0.15) is 0 Å². The van der Waals surface area contributed by atoms with Gasteiger partial charge in [0.05, 0.1) is 0 Å². The molecule has 0 N–H and O–H groups in total. The minimum absolute atomic E-state index is 1.38. The van der Waals surface area contributed by atoms with Crippen molar-refractivity contribution in [1.82, 2.24) is 0 Å². The molecule has 0 aromatic heterocycles. The summed E-state index contributed by atoms with van der Waals surface area (Å²) in [6.45, 7) is 10.9. The van der Waals surface area contributed by atoms with Gasteiger partial charge in [-0.05, 0) is 6.92 Å². The molecule has 1 heteroatoms. The Morgan fingerprint density at radius 1 is 0.895 bits per heavy atom. The van der Waals surface area contributed by atoms with Crippen LogP contribution in [0, 0.1) is 12.3 Å². The van der Waals surface area contributed by atoms with Crippen molar-refractivity contribution < 1.29 is 0 Å². The van der Waals surface area contributed by atoms with Gasteiger partial charge >= 0.3 is 108 Å². The fraction of sp³-hybridized carbons (Fsp3) is 0.778. The van der Waals surface area contributed by atoms with E-state index in [4.69, 9.17) is 0 Å². The summed E-state index contributed by atoms with van der Waals surface area (Å²) in [5.41, 5.74) is 0. The molecule has 0 spiro atoms. The summed E-state index contributed by atoms with van der Waals surface area (Å²) in [7, 11) is 0. The van der Waals surface area contributed by atoms with E-state index in [2.05, 4.69) is 50.2 Å². The van der Waals surface area contributed by atoms with Crippen molar-refractivity contribution in [3.05, 3.63) is 10.2 Å². The predicted octanol–water partition coefficient (Wildman–Crippen LogP) is 6.59.